The summed E-state index contributed by atoms with van der Waals surface area (Å²) in [5.74, 6) is -0.191. The third-order valence-corrected chi connectivity index (χ3v) is 3.67. The molecule has 1 aromatic carbocycles. The molecular weight excluding hydrogens is 304 g/mol. The maximum atomic E-state index is 12.5. The van der Waals surface area contributed by atoms with Crippen LogP contribution in [0, 0.1) is 27.7 Å². The molecule has 24 heavy (non-hydrogen) atoms. The van der Waals surface area contributed by atoms with E-state index in [-0.39, 0.29) is 5.69 Å². The first-order chi connectivity index (χ1) is 11.5. The van der Waals surface area contributed by atoms with Gasteiger partial charge in [-0.3, -0.25) is 4.98 Å². The summed E-state index contributed by atoms with van der Waals surface area (Å²) in [6.07, 6.45) is 0. The fourth-order valence-electron chi connectivity index (χ4n) is 2.35. The molecule has 0 N–H and O–H groups in total. The van der Waals surface area contributed by atoms with Crippen molar-refractivity contribution in [2.75, 3.05) is 0 Å². The highest BCUT2D eigenvalue weighted by atomic mass is 16.5. The molecule has 2 aromatic heterocycles. The molecule has 122 valence electrons. The molecular formula is C18H18N4O2. The summed E-state index contributed by atoms with van der Waals surface area (Å²) in [4.78, 5) is 21.2. The second-order valence-corrected chi connectivity index (χ2v) is 5.59. The van der Waals surface area contributed by atoms with Gasteiger partial charge in [0.15, 0.2) is 5.69 Å². The van der Waals surface area contributed by atoms with Gasteiger partial charge in [-0.2, -0.15) is 5.10 Å². The minimum atomic E-state index is -0.541. The summed E-state index contributed by atoms with van der Waals surface area (Å²) in [7, 11) is 0. The van der Waals surface area contributed by atoms with Crippen LogP contribution in [0.1, 0.15) is 33.3 Å². The highest BCUT2D eigenvalue weighted by Gasteiger charge is 2.19. The van der Waals surface area contributed by atoms with Crippen molar-refractivity contribution in [3.05, 3.63) is 64.9 Å². The van der Waals surface area contributed by atoms with Crippen molar-refractivity contribution in [2.24, 2.45) is 0 Å². The van der Waals surface area contributed by atoms with E-state index in [1.165, 1.54) is 0 Å². The van der Waals surface area contributed by atoms with Crippen molar-refractivity contribution in [2.45, 2.75) is 27.7 Å². The van der Waals surface area contributed by atoms with Crippen LogP contribution in [-0.4, -0.2) is 25.7 Å². The normalized spacial score (nSPS) is 10.7. The molecule has 0 fully saturated rings. The molecule has 0 saturated heterocycles. The van der Waals surface area contributed by atoms with Crippen LogP contribution in [0.2, 0.25) is 0 Å². The molecule has 0 bridgehead atoms. The molecule has 0 aliphatic carbocycles. The number of carbonyl (C=O) groups excluding carboxylic acids is 1. The average Bonchev–Trinajstić information content (AvgIpc) is 2.92. The molecule has 6 nitrogen and oxygen atoms in total. The van der Waals surface area contributed by atoms with Crippen LogP contribution in [0.3, 0.4) is 0 Å². The van der Waals surface area contributed by atoms with E-state index in [1.54, 1.807) is 17.7 Å². The Hall–Kier alpha value is -3.02. The lowest BCUT2D eigenvalue weighted by atomic mass is 10.2. The zero-order valence-corrected chi connectivity index (χ0v) is 14.1. The predicted octanol–water partition coefficient (Wildman–Crippen LogP) is 3.12. The average molecular weight is 322 g/mol. The summed E-state index contributed by atoms with van der Waals surface area (Å²) < 4.78 is 7.14. The SMILES string of the molecule is Cc1cc(OC(=O)c2nc(C)c(C)nc2C)n(-c2ccccc2)n1. The molecule has 3 rings (SSSR count). The number of hydrogen-bond acceptors (Lipinski definition) is 5. The second kappa shape index (κ2) is 6.23. The van der Waals surface area contributed by atoms with Gasteiger partial charge in [0.1, 0.15) is 0 Å². The standard InChI is InChI=1S/C18H18N4O2/c1-11-10-16(22(21-11)15-8-6-5-7-9-15)24-18(23)17-14(4)19-12(2)13(3)20-17/h5-10H,1-4H3. The molecule has 0 atom stereocenters. The van der Waals surface area contributed by atoms with E-state index >= 15 is 0 Å². The summed E-state index contributed by atoms with van der Waals surface area (Å²) in [5, 5.41) is 4.39. The lowest BCUT2D eigenvalue weighted by molar-refractivity contribution is 0.0715. The highest BCUT2D eigenvalue weighted by Crippen LogP contribution is 2.20. The quantitative estimate of drug-likeness (QED) is 0.693. The van der Waals surface area contributed by atoms with Gasteiger partial charge < -0.3 is 4.74 Å². The van der Waals surface area contributed by atoms with Gasteiger partial charge in [-0.15, -0.1) is 0 Å². The van der Waals surface area contributed by atoms with E-state index in [1.807, 2.05) is 51.1 Å². The van der Waals surface area contributed by atoms with E-state index in [0.29, 0.717) is 17.3 Å². The molecule has 0 spiro atoms. The third kappa shape index (κ3) is 3.03. The molecule has 0 aliphatic heterocycles. The first-order valence-corrected chi connectivity index (χ1v) is 7.62. The first kappa shape index (κ1) is 15.9. The third-order valence-electron chi connectivity index (χ3n) is 3.67. The number of esters is 1. The van der Waals surface area contributed by atoms with Crippen LogP contribution in [0.4, 0.5) is 0 Å². The number of aryl methyl sites for hydroxylation is 4. The number of benzene rings is 1. The number of aromatic nitrogens is 4. The van der Waals surface area contributed by atoms with Gasteiger partial charge in [-0.05, 0) is 39.8 Å². The van der Waals surface area contributed by atoms with Crippen LogP contribution in [-0.2, 0) is 0 Å². The molecule has 0 aliphatic rings. The number of carbonyl (C=O) groups is 1. The van der Waals surface area contributed by atoms with Gasteiger partial charge in [-0.25, -0.2) is 14.5 Å². The maximum Gasteiger partial charge on any atom is 0.365 e. The van der Waals surface area contributed by atoms with E-state index in [0.717, 1.165) is 17.1 Å². The Labute approximate surface area is 140 Å². The Morgan fingerprint density at radius 3 is 2.33 bits per heavy atom. The van der Waals surface area contributed by atoms with Gasteiger partial charge in [0.25, 0.3) is 0 Å². The van der Waals surface area contributed by atoms with Crippen LogP contribution >= 0.6 is 0 Å². The number of rotatable bonds is 3. The Morgan fingerprint density at radius 2 is 1.62 bits per heavy atom. The Balaban J connectivity index is 1.95. The summed E-state index contributed by atoms with van der Waals surface area (Å²) in [6.45, 7) is 7.27. The van der Waals surface area contributed by atoms with Crippen LogP contribution in [0.5, 0.6) is 5.88 Å². The highest BCUT2D eigenvalue weighted by molar-refractivity contribution is 5.90. The minimum absolute atomic E-state index is 0.219. The van der Waals surface area contributed by atoms with Crippen LogP contribution < -0.4 is 4.74 Å². The van der Waals surface area contributed by atoms with Crippen molar-refractivity contribution < 1.29 is 9.53 Å². The van der Waals surface area contributed by atoms with Gasteiger partial charge in [-0.1, -0.05) is 18.2 Å². The van der Waals surface area contributed by atoms with Crippen molar-refractivity contribution in [1.29, 1.82) is 0 Å². The van der Waals surface area contributed by atoms with E-state index in [2.05, 4.69) is 15.1 Å². The minimum Gasteiger partial charge on any atom is -0.403 e. The van der Waals surface area contributed by atoms with Gasteiger partial charge in [0.2, 0.25) is 5.88 Å². The number of nitrogens with zero attached hydrogens (tertiary/aromatic N) is 4. The summed E-state index contributed by atoms with van der Waals surface area (Å²) in [6, 6.07) is 11.2. The van der Waals surface area contributed by atoms with Crippen molar-refractivity contribution in [3.8, 4) is 11.6 Å². The Morgan fingerprint density at radius 1 is 0.958 bits per heavy atom. The Kier molecular flexibility index (Phi) is 4.12. The lowest BCUT2D eigenvalue weighted by Crippen LogP contribution is -2.17. The smallest absolute Gasteiger partial charge is 0.365 e. The zero-order valence-electron chi connectivity index (χ0n) is 14.1. The molecule has 0 saturated carbocycles. The fourth-order valence-corrected chi connectivity index (χ4v) is 2.35. The van der Waals surface area contributed by atoms with Gasteiger partial charge in [0.05, 0.1) is 28.5 Å². The topological polar surface area (TPSA) is 69.9 Å². The van der Waals surface area contributed by atoms with Gasteiger partial charge >= 0.3 is 5.97 Å². The van der Waals surface area contributed by atoms with E-state index in [4.69, 9.17) is 4.74 Å². The number of hydrogen-bond donors (Lipinski definition) is 0. The lowest BCUT2D eigenvalue weighted by Gasteiger charge is -2.09. The summed E-state index contributed by atoms with van der Waals surface area (Å²) in [5.41, 5.74) is 3.84. The monoisotopic (exact) mass is 322 g/mol. The second-order valence-electron chi connectivity index (χ2n) is 5.59. The summed E-state index contributed by atoms with van der Waals surface area (Å²) >= 11 is 0. The van der Waals surface area contributed by atoms with E-state index < -0.39 is 5.97 Å². The van der Waals surface area contributed by atoms with E-state index in [9.17, 15) is 4.79 Å². The predicted molar refractivity (Wildman–Crippen MR) is 89.5 cm³/mol. The van der Waals surface area contributed by atoms with Crippen LogP contribution in [0.25, 0.3) is 5.69 Å². The van der Waals surface area contributed by atoms with Gasteiger partial charge in [0, 0.05) is 6.07 Å². The molecule has 0 radical (unpaired) electrons. The fraction of sp³-hybridized carbons (Fsp3) is 0.222. The molecule has 3 aromatic rings. The number of ether oxygens (including phenoxy) is 1. The van der Waals surface area contributed by atoms with Crippen molar-refractivity contribution in [3.63, 3.8) is 0 Å². The number of para-hydroxylation sites is 1. The Bertz CT molecular complexity index is 901. The first-order valence-electron chi connectivity index (χ1n) is 7.62. The maximum absolute atomic E-state index is 12.5. The molecule has 2 heterocycles. The zero-order chi connectivity index (χ0) is 17.3. The van der Waals surface area contributed by atoms with Crippen molar-refractivity contribution in [1.82, 2.24) is 19.7 Å². The molecule has 6 heteroatoms. The van der Waals surface area contributed by atoms with Crippen LogP contribution in [0.15, 0.2) is 36.4 Å². The van der Waals surface area contributed by atoms with Crippen molar-refractivity contribution >= 4 is 5.97 Å². The molecule has 0 unspecified atom stereocenters. The largest absolute Gasteiger partial charge is 0.403 e. The molecule has 0 amide bonds.